The number of anilines is 1. The summed E-state index contributed by atoms with van der Waals surface area (Å²) < 4.78 is 11.8. The lowest BCUT2D eigenvalue weighted by Crippen LogP contribution is -2.36. The van der Waals surface area contributed by atoms with Gasteiger partial charge in [-0.2, -0.15) is 0 Å². The van der Waals surface area contributed by atoms with E-state index in [0.717, 1.165) is 37.6 Å². The van der Waals surface area contributed by atoms with Gasteiger partial charge in [0.15, 0.2) is 5.58 Å². The Hall–Kier alpha value is -2.77. The number of nitrogens with zero attached hydrogens (tertiary/aromatic N) is 2. The lowest BCUT2D eigenvalue weighted by atomic mass is 10.1. The van der Waals surface area contributed by atoms with Crippen LogP contribution in [0.25, 0.3) is 11.1 Å². The summed E-state index contributed by atoms with van der Waals surface area (Å²) in [4.78, 5) is 26.9. The highest BCUT2D eigenvalue weighted by molar-refractivity contribution is 6.31. The van der Waals surface area contributed by atoms with Crippen LogP contribution in [-0.4, -0.2) is 36.8 Å². The Morgan fingerprint density at radius 2 is 1.90 bits per heavy atom. The third-order valence-corrected chi connectivity index (χ3v) is 5.31. The molecule has 1 aliphatic heterocycles. The number of morpholine rings is 1. The van der Waals surface area contributed by atoms with Crippen LogP contribution in [0.3, 0.4) is 0 Å². The molecule has 1 aromatic heterocycles. The number of carbonyl (C=O) groups excluding carboxylic acids is 1. The molecule has 1 amide bonds. The van der Waals surface area contributed by atoms with E-state index in [1.165, 1.54) is 4.57 Å². The van der Waals surface area contributed by atoms with Gasteiger partial charge in [0.05, 0.1) is 24.8 Å². The first-order valence-corrected chi connectivity index (χ1v) is 9.90. The van der Waals surface area contributed by atoms with Crippen LogP contribution in [0.4, 0.5) is 5.69 Å². The quantitative estimate of drug-likeness (QED) is 0.693. The average Bonchev–Trinajstić information content (AvgIpc) is 3.03. The molecule has 1 N–H and O–H groups in total. The van der Waals surface area contributed by atoms with Gasteiger partial charge in [0, 0.05) is 23.8 Å². The van der Waals surface area contributed by atoms with Crippen molar-refractivity contribution in [1.82, 2.24) is 9.88 Å². The van der Waals surface area contributed by atoms with Gasteiger partial charge < -0.3 is 19.4 Å². The smallest absolute Gasteiger partial charge is 0.408 e. The molecule has 1 atom stereocenters. The first-order valence-electron chi connectivity index (χ1n) is 9.52. The first-order chi connectivity index (χ1) is 14.0. The Kier molecular flexibility index (Phi) is 5.60. The summed E-state index contributed by atoms with van der Waals surface area (Å²) in [6.45, 7) is 5.01. The number of nitrogens with one attached hydrogen (secondary N) is 1. The van der Waals surface area contributed by atoms with E-state index in [9.17, 15) is 9.59 Å². The van der Waals surface area contributed by atoms with E-state index in [1.807, 2.05) is 19.1 Å². The molecule has 152 valence electrons. The van der Waals surface area contributed by atoms with Crippen molar-refractivity contribution < 1.29 is 13.9 Å². The number of aromatic nitrogens is 1. The molecule has 0 saturated carbocycles. The molecule has 4 rings (SSSR count). The maximum atomic E-state index is 12.5. The molecule has 0 aliphatic carbocycles. The molecule has 1 unspecified atom stereocenters. The van der Waals surface area contributed by atoms with Crippen LogP contribution in [-0.2, 0) is 16.1 Å². The SMILES string of the molecule is CC(NC(=O)Cn1c(=O)oc2ccc(Cl)cc21)c1ccc(N2CCOCC2)cc1. The van der Waals surface area contributed by atoms with Crippen LogP contribution in [0.2, 0.25) is 5.02 Å². The normalized spacial score (nSPS) is 15.4. The summed E-state index contributed by atoms with van der Waals surface area (Å²) in [6.07, 6.45) is 0. The van der Waals surface area contributed by atoms with Gasteiger partial charge in [-0.1, -0.05) is 23.7 Å². The second kappa shape index (κ2) is 8.31. The molecule has 1 saturated heterocycles. The number of hydrogen-bond donors (Lipinski definition) is 1. The zero-order valence-corrected chi connectivity index (χ0v) is 16.8. The summed E-state index contributed by atoms with van der Waals surface area (Å²) in [6, 6.07) is 12.8. The molecule has 3 aromatic rings. The summed E-state index contributed by atoms with van der Waals surface area (Å²) >= 11 is 6.00. The monoisotopic (exact) mass is 415 g/mol. The van der Waals surface area contributed by atoms with Crippen LogP contribution < -0.4 is 16.0 Å². The van der Waals surface area contributed by atoms with Gasteiger partial charge in [0.2, 0.25) is 5.91 Å². The Balaban J connectivity index is 1.43. The Morgan fingerprint density at radius 1 is 1.17 bits per heavy atom. The Morgan fingerprint density at radius 3 is 2.62 bits per heavy atom. The van der Waals surface area contributed by atoms with Gasteiger partial charge in [-0.05, 0) is 42.8 Å². The summed E-state index contributed by atoms with van der Waals surface area (Å²) in [7, 11) is 0. The van der Waals surface area contributed by atoms with Crippen LogP contribution in [0.5, 0.6) is 0 Å². The van der Waals surface area contributed by atoms with Crippen molar-refractivity contribution in [3.8, 4) is 0 Å². The summed E-state index contributed by atoms with van der Waals surface area (Å²) in [5, 5.41) is 3.41. The second-order valence-electron chi connectivity index (χ2n) is 7.05. The average molecular weight is 416 g/mol. The standard InChI is InChI=1S/C21H22ClN3O4/c1-14(15-2-5-17(6-3-15)24-8-10-28-11-9-24)23-20(26)13-25-18-12-16(22)4-7-19(18)29-21(25)27/h2-7,12,14H,8-11,13H2,1H3,(H,23,26). The lowest BCUT2D eigenvalue weighted by Gasteiger charge is -2.29. The first kappa shape index (κ1) is 19.5. The van der Waals surface area contributed by atoms with Crippen molar-refractivity contribution in [2.75, 3.05) is 31.2 Å². The van der Waals surface area contributed by atoms with E-state index >= 15 is 0 Å². The third-order valence-electron chi connectivity index (χ3n) is 5.08. The van der Waals surface area contributed by atoms with Crippen LogP contribution in [0.1, 0.15) is 18.5 Å². The largest absolute Gasteiger partial charge is 0.420 e. The predicted octanol–water partition coefficient (Wildman–Crippen LogP) is 2.96. The number of fused-ring (bicyclic) bond motifs is 1. The third kappa shape index (κ3) is 4.31. The summed E-state index contributed by atoms with van der Waals surface area (Å²) in [5.41, 5.74) is 3.03. The van der Waals surface area contributed by atoms with Crippen LogP contribution >= 0.6 is 11.6 Å². The second-order valence-corrected chi connectivity index (χ2v) is 7.48. The molecular formula is C21H22ClN3O4. The van der Waals surface area contributed by atoms with Gasteiger partial charge in [0.1, 0.15) is 6.54 Å². The molecule has 29 heavy (non-hydrogen) atoms. The van der Waals surface area contributed by atoms with Crippen LogP contribution in [0.15, 0.2) is 51.7 Å². The van der Waals surface area contributed by atoms with E-state index in [4.69, 9.17) is 20.8 Å². The fourth-order valence-corrected chi connectivity index (χ4v) is 3.66. The lowest BCUT2D eigenvalue weighted by molar-refractivity contribution is -0.122. The molecule has 1 fully saturated rings. The molecule has 2 aromatic carbocycles. The Bertz CT molecular complexity index is 1070. The van der Waals surface area contributed by atoms with E-state index < -0.39 is 5.76 Å². The number of ether oxygens (including phenoxy) is 1. The van der Waals surface area contributed by atoms with Crippen molar-refractivity contribution >= 4 is 34.3 Å². The van der Waals surface area contributed by atoms with Crippen LogP contribution in [0, 0.1) is 0 Å². The topological polar surface area (TPSA) is 76.7 Å². The predicted molar refractivity (Wildman–Crippen MR) is 112 cm³/mol. The number of oxazole rings is 1. The number of hydrogen-bond acceptors (Lipinski definition) is 5. The van der Waals surface area contributed by atoms with Crippen molar-refractivity contribution in [3.05, 3.63) is 63.6 Å². The van der Waals surface area contributed by atoms with Gasteiger partial charge in [-0.3, -0.25) is 9.36 Å². The maximum Gasteiger partial charge on any atom is 0.420 e. The molecule has 1 aliphatic rings. The van der Waals surface area contributed by atoms with E-state index in [1.54, 1.807) is 18.2 Å². The molecular weight excluding hydrogens is 394 g/mol. The van der Waals surface area contributed by atoms with E-state index in [0.29, 0.717) is 16.1 Å². The fraction of sp³-hybridized carbons (Fsp3) is 0.333. The minimum atomic E-state index is -0.583. The number of carbonyl (C=O) groups is 1. The number of amides is 1. The zero-order valence-electron chi connectivity index (χ0n) is 16.1. The molecule has 8 heteroatoms. The summed E-state index contributed by atoms with van der Waals surface area (Å²) in [5.74, 6) is -0.862. The van der Waals surface area contributed by atoms with E-state index in [-0.39, 0.29) is 18.5 Å². The molecule has 7 nitrogen and oxygen atoms in total. The fourth-order valence-electron chi connectivity index (χ4n) is 3.49. The highest BCUT2D eigenvalue weighted by atomic mass is 35.5. The molecule has 0 bridgehead atoms. The molecule has 2 heterocycles. The zero-order chi connectivity index (χ0) is 20.4. The molecule has 0 spiro atoms. The van der Waals surface area contributed by atoms with Crippen molar-refractivity contribution in [2.24, 2.45) is 0 Å². The number of halogens is 1. The number of rotatable bonds is 5. The Labute approximate surface area is 172 Å². The van der Waals surface area contributed by atoms with Gasteiger partial charge in [-0.25, -0.2) is 4.79 Å². The van der Waals surface area contributed by atoms with E-state index in [2.05, 4.69) is 22.3 Å². The minimum absolute atomic E-state index is 0.137. The maximum absolute atomic E-state index is 12.5. The van der Waals surface area contributed by atoms with Crippen molar-refractivity contribution in [1.29, 1.82) is 0 Å². The van der Waals surface area contributed by atoms with Gasteiger partial charge >= 0.3 is 5.76 Å². The van der Waals surface area contributed by atoms with Crippen molar-refractivity contribution in [2.45, 2.75) is 19.5 Å². The number of benzene rings is 2. The van der Waals surface area contributed by atoms with Gasteiger partial charge in [0.25, 0.3) is 0 Å². The molecule has 0 radical (unpaired) electrons. The van der Waals surface area contributed by atoms with Gasteiger partial charge in [-0.15, -0.1) is 0 Å². The van der Waals surface area contributed by atoms with Crippen molar-refractivity contribution in [3.63, 3.8) is 0 Å². The minimum Gasteiger partial charge on any atom is -0.408 e. The highest BCUT2D eigenvalue weighted by Gasteiger charge is 2.16. The highest BCUT2D eigenvalue weighted by Crippen LogP contribution is 2.21.